The molecule has 0 aliphatic heterocycles. The summed E-state index contributed by atoms with van der Waals surface area (Å²) in [7, 11) is -3.13. The molecular formula is C11H22N6O2S. The highest BCUT2D eigenvalue weighted by Gasteiger charge is 2.09. The first-order valence-electron chi connectivity index (χ1n) is 6.47. The average molecular weight is 302 g/mol. The summed E-state index contributed by atoms with van der Waals surface area (Å²) in [5.41, 5.74) is 3.50. The van der Waals surface area contributed by atoms with Gasteiger partial charge in [0.2, 0.25) is 10.0 Å². The summed E-state index contributed by atoms with van der Waals surface area (Å²) in [6.07, 6.45) is 5.00. The van der Waals surface area contributed by atoms with Crippen molar-refractivity contribution < 1.29 is 8.42 Å². The van der Waals surface area contributed by atoms with Gasteiger partial charge in [0, 0.05) is 18.7 Å². The quantitative estimate of drug-likeness (QED) is 0.289. The molecule has 1 aromatic heterocycles. The molecule has 0 amide bonds. The molecule has 0 aromatic carbocycles. The second kappa shape index (κ2) is 7.98. The molecule has 0 unspecified atom stereocenters. The molecule has 0 bridgehead atoms. The highest BCUT2D eigenvalue weighted by atomic mass is 32.2. The van der Waals surface area contributed by atoms with Crippen molar-refractivity contribution in [2.45, 2.75) is 26.2 Å². The fraction of sp³-hybridized carbons (Fsp3) is 0.636. The van der Waals surface area contributed by atoms with Gasteiger partial charge in [-0.2, -0.15) is 0 Å². The Balaban J connectivity index is 2.55. The van der Waals surface area contributed by atoms with E-state index in [1.807, 2.05) is 0 Å². The Bertz CT molecular complexity index is 520. The third-order valence-electron chi connectivity index (χ3n) is 2.59. The number of nitrogens with zero attached hydrogens (tertiary/aromatic N) is 2. The maximum absolute atomic E-state index is 10.9. The van der Waals surface area contributed by atoms with Gasteiger partial charge in [-0.05, 0) is 12.8 Å². The van der Waals surface area contributed by atoms with Crippen molar-refractivity contribution in [3.05, 3.63) is 11.9 Å². The molecule has 1 heterocycles. The molecule has 0 atom stereocenters. The molecule has 0 aliphatic carbocycles. The third kappa shape index (κ3) is 5.68. The second-order valence-electron chi connectivity index (χ2n) is 4.39. The number of nitrogen functional groups attached to an aromatic ring is 1. The van der Waals surface area contributed by atoms with E-state index in [1.165, 1.54) is 6.33 Å². The lowest BCUT2D eigenvalue weighted by Gasteiger charge is -2.13. The van der Waals surface area contributed by atoms with E-state index >= 15 is 0 Å². The van der Waals surface area contributed by atoms with Gasteiger partial charge in [-0.1, -0.05) is 13.3 Å². The molecule has 8 nitrogen and oxygen atoms in total. The lowest BCUT2D eigenvalue weighted by molar-refractivity contribution is 0.586. The normalized spacial score (nSPS) is 11.3. The van der Waals surface area contributed by atoms with Gasteiger partial charge in [0.15, 0.2) is 0 Å². The Morgan fingerprint density at radius 2 is 1.95 bits per heavy atom. The van der Waals surface area contributed by atoms with Crippen molar-refractivity contribution in [3.63, 3.8) is 0 Å². The zero-order chi connectivity index (χ0) is 15.0. The Kier molecular flexibility index (Phi) is 6.62. The van der Waals surface area contributed by atoms with Gasteiger partial charge in [-0.25, -0.2) is 29.0 Å². The van der Waals surface area contributed by atoms with E-state index in [0.717, 1.165) is 30.5 Å². The maximum Gasteiger partial charge on any atom is 0.208 e. The number of hydrogen-bond acceptors (Lipinski definition) is 7. The summed E-state index contributed by atoms with van der Waals surface area (Å²) >= 11 is 0. The summed E-state index contributed by atoms with van der Waals surface area (Å²) in [6.45, 7) is 3.06. The Morgan fingerprint density at radius 3 is 2.55 bits per heavy atom. The van der Waals surface area contributed by atoms with Crippen LogP contribution in [0.3, 0.4) is 0 Å². The van der Waals surface area contributed by atoms with Crippen molar-refractivity contribution in [1.29, 1.82) is 0 Å². The topological polar surface area (TPSA) is 122 Å². The number of rotatable bonds is 9. The zero-order valence-electron chi connectivity index (χ0n) is 11.8. The number of aromatic nitrogens is 2. The number of hydrogen-bond donors (Lipinski definition) is 4. The van der Waals surface area contributed by atoms with Crippen LogP contribution >= 0.6 is 0 Å². The molecule has 114 valence electrons. The molecule has 1 rings (SSSR count). The molecule has 5 N–H and O–H groups in total. The lowest BCUT2D eigenvalue weighted by atomic mass is 10.1. The second-order valence-corrected chi connectivity index (χ2v) is 6.22. The SMILES string of the molecule is CCCc1c(NN)ncnc1NCCCNS(C)(=O)=O. The Morgan fingerprint density at radius 1 is 1.25 bits per heavy atom. The van der Waals surface area contributed by atoms with E-state index in [2.05, 4.69) is 32.4 Å². The van der Waals surface area contributed by atoms with E-state index in [4.69, 9.17) is 5.84 Å². The fourth-order valence-corrected chi connectivity index (χ4v) is 2.24. The van der Waals surface area contributed by atoms with Crippen LogP contribution < -0.4 is 21.3 Å². The molecular weight excluding hydrogens is 280 g/mol. The molecule has 0 radical (unpaired) electrons. The highest BCUT2D eigenvalue weighted by Crippen LogP contribution is 2.20. The van der Waals surface area contributed by atoms with Crippen LogP contribution in [0.2, 0.25) is 0 Å². The van der Waals surface area contributed by atoms with E-state index in [1.54, 1.807) is 0 Å². The molecule has 0 saturated carbocycles. The van der Waals surface area contributed by atoms with Gasteiger partial charge in [0.1, 0.15) is 18.0 Å². The van der Waals surface area contributed by atoms with Crippen LogP contribution in [0.15, 0.2) is 6.33 Å². The molecule has 20 heavy (non-hydrogen) atoms. The van der Waals surface area contributed by atoms with E-state index in [-0.39, 0.29) is 0 Å². The summed E-state index contributed by atoms with van der Waals surface area (Å²) in [4.78, 5) is 8.27. The minimum Gasteiger partial charge on any atom is -0.370 e. The van der Waals surface area contributed by atoms with E-state index < -0.39 is 10.0 Å². The predicted molar refractivity (Wildman–Crippen MR) is 79.8 cm³/mol. The van der Waals surface area contributed by atoms with Crippen LogP contribution in [0.1, 0.15) is 25.3 Å². The minimum absolute atomic E-state index is 0.391. The molecule has 0 spiro atoms. The van der Waals surface area contributed by atoms with Crippen molar-refractivity contribution in [3.8, 4) is 0 Å². The van der Waals surface area contributed by atoms with Gasteiger partial charge >= 0.3 is 0 Å². The highest BCUT2D eigenvalue weighted by molar-refractivity contribution is 7.88. The molecule has 9 heteroatoms. The van der Waals surface area contributed by atoms with Crippen LogP contribution in [0.5, 0.6) is 0 Å². The first-order chi connectivity index (χ1) is 9.48. The Hall–Kier alpha value is -1.45. The van der Waals surface area contributed by atoms with Crippen LogP contribution in [0.25, 0.3) is 0 Å². The predicted octanol–water partition coefficient (Wildman–Crippen LogP) is 0.0659. The third-order valence-corrected chi connectivity index (χ3v) is 3.32. The zero-order valence-corrected chi connectivity index (χ0v) is 12.6. The summed E-state index contributed by atoms with van der Waals surface area (Å²) in [5.74, 6) is 6.77. The standard InChI is InChI=1S/C11H22N6O2S/c1-3-5-9-10(14-8-15-11(9)17-12)13-6-4-7-16-20(2,18)19/h8,16H,3-7,12H2,1-2H3,(H2,13,14,15,17). The average Bonchev–Trinajstić information content (AvgIpc) is 2.38. The number of nitrogens with one attached hydrogen (secondary N) is 3. The van der Waals surface area contributed by atoms with E-state index in [9.17, 15) is 8.42 Å². The molecule has 0 fully saturated rings. The summed E-state index contributed by atoms with van der Waals surface area (Å²) in [5, 5.41) is 3.18. The van der Waals surface area contributed by atoms with Gasteiger partial charge in [-0.15, -0.1) is 0 Å². The summed E-state index contributed by atoms with van der Waals surface area (Å²) < 4.78 is 24.3. The minimum atomic E-state index is -3.13. The van der Waals surface area contributed by atoms with Crippen molar-refractivity contribution in [2.24, 2.45) is 5.84 Å². The van der Waals surface area contributed by atoms with E-state index in [0.29, 0.717) is 25.3 Å². The van der Waals surface area contributed by atoms with Crippen molar-refractivity contribution in [1.82, 2.24) is 14.7 Å². The number of anilines is 2. The maximum atomic E-state index is 10.9. The Labute approximate surface area is 119 Å². The first-order valence-corrected chi connectivity index (χ1v) is 8.36. The number of hydrazine groups is 1. The fourth-order valence-electron chi connectivity index (χ4n) is 1.73. The number of sulfonamides is 1. The van der Waals surface area contributed by atoms with Crippen molar-refractivity contribution >= 4 is 21.7 Å². The number of nitrogens with two attached hydrogens (primary N) is 1. The largest absolute Gasteiger partial charge is 0.370 e. The lowest BCUT2D eigenvalue weighted by Crippen LogP contribution is -2.24. The van der Waals surface area contributed by atoms with Crippen LogP contribution in [0, 0.1) is 0 Å². The van der Waals surface area contributed by atoms with Crippen LogP contribution in [-0.4, -0.2) is 37.7 Å². The van der Waals surface area contributed by atoms with Crippen LogP contribution in [-0.2, 0) is 16.4 Å². The summed E-state index contributed by atoms with van der Waals surface area (Å²) in [6, 6.07) is 0. The molecule has 0 saturated heterocycles. The molecule has 1 aromatic rings. The van der Waals surface area contributed by atoms with Gasteiger partial charge in [0.25, 0.3) is 0 Å². The first kappa shape index (κ1) is 16.6. The van der Waals surface area contributed by atoms with Gasteiger partial charge in [0.05, 0.1) is 6.26 Å². The van der Waals surface area contributed by atoms with Gasteiger partial charge < -0.3 is 10.7 Å². The van der Waals surface area contributed by atoms with Gasteiger partial charge in [-0.3, -0.25) is 0 Å². The molecule has 0 aliphatic rings. The van der Waals surface area contributed by atoms with Crippen LogP contribution in [0.4, 0.5) is 11.6 Å². The monoisotopic (exact) mass is 302 g/mol. The van der Waals surface area contributed by atoms with Crippen molar-refractivity contribution in [2.75, 3.05) is 30.1 Å². The smallest absolute Gasteiger partial charge is 0.208 e.